The highest BCUT2D eigenvalue weighted by atomic mass is 16.5. The van der Waals surface area contributed by atoms with E-state index in [1.165, 1.54) is 5.56 Å². The molecule has 1 aromatic carbocycles. The standard InChI is InChI=1S/C10H13N3O.CO2/c1-2-9-5-3-4-6-10(9)14-8-7-12-13-11;2-1-3/h3-6H,2,7-8H2,1H3;. The summed E-state index contributed by atoms with van der Waals surface area (Å²) >= 11 is 0. The number of hydrogen-bond donors (Lipinski definition) is 0. The first kappa shape index (κ1) is 14.7. The van der Waals surface area contributed by atoms with E-state index in [-0.39, 0.29) is 6.15 Å². The monoisotopic (exact) mass is 235 g/mol. The number of ether oxygens (including phenoxy) is 1. The predicted molar refractivity (Wildman–Crippen MR) is 60.3 cm³/mol. The number of carbonyl (C=O) groups excluding carboxylic acids is 2. The Labute approximate surface area is 98.8 Å². The van der Waals surface area contributed by atoms with Crippen molar-refractivity contribution in [2.45, 2.75) is 13.3 Å². The van der Waals surface area contributed by atoms with Gasteiger partial charge in [-0.05, 0) is 23.6 Å². The van der Waals surface area contributed by atoms with E-state index in [1.54, 1.807) is 0 Å². The van der Waals surface area contributed by atoms with Crippen LogP contribution >= 0.6 is 0 Å². The highest BCUT2D eigenvalue weighted by Gasteiger charge is 1.98. The van der Waals surface area contributed by atoms with Crippen LogP contribution < -0.4 is 4.74 Å². The summed E-state index contributed by atoms with van der Waals surface area (Å²) in [6.45, 7) is 2.88. The zero-order valence-electron chi connectivity index (χ0n) is 9.50. The van der Waals surface area contributed by atoms with Gasteiger partial charge in [0, 0.05) is 4.91 Å². The van der Waals surface area contributed by atoms with E-state index < -0.39 is 0 Å². The van der Waals surface area contributed by atoms with Crippen molar-refractivity contribution in [3.05, 3.63) is 40.3 Å². The minimum absolute atomic E-state index is 0.250. The summed E-state index contributed by atoms with van der Waals surface area (Å²) in [5.41, 5.74) is 9.24. The van der Waals surface area contributed by atoms with Gasteiger partial charge in [-0.1, -0.05) is 30.2 Å². The van der Waals surface area contributed by atoms with Crippen molar-refractivity contribution in [3.8, 4) is 5.75 Å². The minimum Gasteiger partial charge on any atom is -0.493 e. The van der Waals surface area contributed by atoms with Gasteiger partial charge in [-0.2, -0.15) is 9.59 Å². The lowest BCUT2D eigenvalue weighted by atomic mass is 10.1. The Hall–Kier alpha value is -2.29. The predicted octanol–water partition coefficient (Wildman–Crippen LogP) is 2.35. The molecule has 1 aromatic rings. The van der Waals surface area contributed by atoms with Crippen molar-refractivity contribution >= 4 is 6.15 Å². The molecule has 90 valence electrons. The number of azide groups is 1. The average Bonchev–Trinajstić information content (AvgIpc) is 2.36. The molecule has 0 fully saturated rings. The second-order valence-electron chi connectivity index (χ2n) is 2.85. The molecule has 0 aromatic heterocycles. The van der Waals surface area contributed by atoms with Crippen LogP contribution in [0, 0.1) is 0 Å². The maximum Gasteiger partial charge on any atom is 0.373 e. The molecule has 1 rings (SSSR count). The van der Waals surface area contributed by atoms with E-state index in [0.717, 1.165) is 12.2 Å². The van der Waals surface area contributed by atoms with Gasteiger partial charge in [0.1, 0.15) is 5.75 Å². The Bertz CT molecular complexity index is 408. The first-order chi connectivity index (χ1) is 8.29. The number of nitrogens with zero attached hydrogens (tertiary/aromatic N) is 3. The molecule has 0 atom stereocenters. The molecule has 17 heavy (non-hydrogen) atoms. The van der Waals surface area contributed by atoms with E-state index in [1.807, 2.05) is 24.3 Å². The topological polar surface area (TPSA) is 92.1 Å². The third kappa shape index (κ3) is 6.73. The van der Waals surface area contributed by atoms with Crippen molar-refractivity contribution in [2.75, 3.05) is 13.2 Å². The lowest BCUT2D eigenvalue weighted by molar-refractivity contribution is -0.191. The van der Waals surface area contributed by atoms with Crippen LogP contribution in [0.5, 0.6) is 5.75 Å². The summed E-state index contributed by atoms with van der Waals surface area (Å²) in [7, 11) is 0. The van der Waals surface area contributed by atoms with E-state index in [0.29, 0.717) is 13.2 Å². The van der Waals surface area contributed by atoms with Crippen molar-refractivity contribution in [1.29, 1.82) is 0 Å². The van der Waals surface area contributed by atoms with Gasteiger partial charge >= 0.3 is 6.15 Å². The fourth-order valence-electron chi connectivity index (χ4n) is 1.18. The summed E-state index contributed by atoms with van der Waals surface area (Å²) < 4.78 is 5.47. The fraction of sp³-hybridized carbons (Fsp3) is 0.364. The smallest absolute Gasteiger partial charge is 0.373 e. The molecule has 0 radical (unpaired) electrons. The zero-order chi connectivity index (χ0) is 12.9. The Kier molecular flexibility index (Phi) is 8.86. The molecule has 6 nitrogen and oxygen atoms in total. The van der Waals surface area contributed by atoms with E-state index >= 15 is 0 Å². The summed E-state index contributed by atoms with van der Waals surface area (Å²) in [4.78, 5) is 18.9. The maximum absolute atomic E-state index is 8.12. The molecule has 0 bridgehead atoms. The summed E-state index contributed by atoms with van der Waals surface area (Å²) in [5.74, 6) is 0.878. The first-order valence-corrected chi connectivity index (χ1v) is 5.01. The number of rotatable bonds is 5. The molecule has 0 heterocycles. The molecular formula is C11H13N3O3. The van der Waals surface area contributed by atoms with Gasteiger partial charge < -0.3 is 4.74 Å². The lowest BCUT2D eigenvalue weighted by Crippen LogP contribution is -2.02. The van der Waals surface area contributed by atoms with Gasteiger partial charge in [0.2, 0.25) is 0 Å². The summed E-state index contributed by atoms with van der Waals surface area (Å²) in [5, 5.41) is 3.40. The van der Waals surface area contributed by atoms with E-state index in [2.05, 4.69) is 16.9 Å². The normalized spacial score (nSPS) is 8.06. The van der Waals surface area contributed by atoms with Gasteiger partial charge in [0.15, 0.2) is 0 Å². The van der Waals surface area contributed by atoms with Crippen molar-refractivity contribution < 1.29 is 14.3 Å². The van der Waals surface area contributed by atoms with Crippen LogP contribution in [-0.4, -0.2) is 19.3 Å². The quantitative estimate of drug-likeness (QED) is 0.339. The van der Waals surface area contributed by atoms with Crippen LogP contribution in [0.4, 0.5) is 0 Å². The average molecular weight is 235 g/mol. The first-order valence-electron chi connectivity index (χ1n) is 5.01. The number of benzene rings is 1. The Morgan fingerprint density at radius 1 is 1.41 bits per heavy atom. The van der Waals surface area contributed by atoms with E-state index in [4.69, 9.17) is 19.9 Å². The number of hydrogen-bond acceptors (Lipinski definition) is 4. The molecule has 0 unspecified atom stereocenters. The second-order valence-corrected chi connectivity index (χ2v) is 2.85. The molecule has 6 heteroatoms. The molecule has 0 spiro atoms. The van der Waals surface area contributed by atoms with Crippen molar-refractivity contribution in [2.24, 2.45) is 5.11 Å². The van der Waals surface area contributed by atoms with Gasteiger partial charge in [0.05, 0.1) is 13.2 Å². The maximum atomic E-state index is 8.12. The number of aryl methyl sites for hydroxylation is 1. The Morgan fingerprint density at radius 2 is 2.06 bits per heavy atom. The lowest BCUT2D eigenvalue weighted by Gasteiger charge is -2.08. The molecule has 0 aliphatic carbocycles. The highest BCUT2D eigenvalue weighted by Crippen LogP contribution is 2.17. The van der Waals surface area contributed by atoms with Crippen molar-refractivity contribution in [3.63, 3.8) is 0 Å². The fourth-order valence-corrected chi connectivity index (χ4v) is 1.18. The minimum atomic E-state index is 0.250. The van der Waals surface area contributed by atoms with Crippen LogP contribution in [-0.2, 0) is 16.0 Å². The largest absolute Gasteiger partial charge is 0.493 e. The SMILES string of the molecule is CCc1ccccc1OCCN=[N+]=[N-].O=C=O. The summed E-state index contributed by atoms with van der Waals surface area (Å²) in [6, 6.07) is 7.87. The zero-order valence-corrected chi connectivity index (χ0v) is 9.50. The van der Waals surface area contributed by atoms with Crippen LogP contribution in [0.3, 0.4) is 0 Å². The van der Waals surface area contributed by atoms with Gasteiger partial charge in [-0.25, -0.2) is 0 Å². The molecule has 0 aliphatic rings. The molecule has 0 amide bonds. The van der Waals surface area contributed by atoms with Crippen LogP contribution in [0.2, 0.25) is 0 Å². The molecule has 0 saturated carbocycles. The third-order valence-electron chi connectivity index (χ3n) is 1.87. The number of para-hydroxylation sites is 1. The van der Waals surface area contributed by atoms with Crippen LogP contribution in [0.15, 0.2) is 29.4 Å². The van der Waals surface area contributed by atoms with Gasteiger partial charge in [-0.15, -0.1) is 0 Å². The summed E-state index contributed by atoms with van der Waals surface area (Å²) in [6.07, 6.45) is 1.19. The van der Waals surface area contributed by atoms with Crippen LogP contribution in [0.25, 0.3) is 10.4 Å². The second kappa shape index (κ2) is 10.2. The van der Waals surface area contributed by atoms with Crippen LogP contribution in [0.1, 0.15) is 12.5 Å². The molecule has 0 N–H and O–H groups in total. The highest BCUT2D eigenvalue weighted by molar-refractivity contribution is 5.33. The van der Waals surface area contributed by atoms with Gasteiger partial charge in [-0.3, -0.25) is 0 Å². The third-order valence-corrected chi connectivity index (χ3v) is 1.87. The molecule has 0 aliphatic heterocycles. The Morgan fingerprint density at radius 3 is 2.65 bits per heavy atom. The van der Waals surface area contributed by atoms with Crippen molar-refractivity contribution in [1.82, 2.24) is 0 Å². The van der Waals surface area contributed by atoms with Gasteiger partial charge in [0.25, 0.3) is 0 Å². The Balaban J connectivity index is 0.000000770. The van der Waals surface area contributed by atoms with E-state index in [9.17, 15) is 0 Å². The molecular weight excluding hydrogens is 222 g/mol. The molecule has 0 saturated heterocycles.